The summed E-state index contributed by atoms with van der Waals surface area (Å²) in [5.41, 5.74) is 6.83. The largest absolute Gasteiger partial charge is 0.345 e. The summed E-state index contributed by atoms with van der Waals surface area (Å²) in [4.78, 5) is 22.6. The molecule has 18 heavy (non-hydrogen) atoms. The molecule has 4 heteroatoms. The Morgan fingerprint density at radius 2 is 1.94 bits per heavy atom. The summed E-state index contributed by atoms with van der Waals surface area (Å²) in [6.45, 7) is 3.75. The molecule has 1 rings (SSSR count). The molecule has 0 bridgehead atoms. The van der Waals surface area contributed by atoms with Gasteiger partial charge in [0.2, 0.25) is 5.91 Å². The lowest BCUT2D eigenvalue weighted by Crippen LogP contribution is -2.48. The molecule has 1 aromatic carbocycles. The monoisotopic (exact) mass is 248 g/mol. The third-order valence-electron chi connectivity index (χ3n) is 2.81. The minimum absolute atomic E-state index is 0.0652. The van der Waals surface area contributed by atoms with Crippen molar-refractivity contribution in [3.05, 3.63) is 35.9 Å². The third kappa shape index (κ3) is 4.30. The minimum atomic E-state index is -0.631. The Morgan fingerprint density at radius 3 is 2.44 bits per heavy atom. The number of nitrogens with one attached hydrogen (secondary N) is 1. The average molecular weight is 248 g/mol. The van der Waals surface area contributed by atoms with Gasteiger partial charge in [-0.1, -0.05) is 44.2 Å². The van der Waals surface area contributed by atoms with E-state index in [9.17, 15) is 9.59 Å². The molecule has 0 fully saturated rings. The van der Waals surface area contributed by atoms with Crippen molar-refractivity contribution < 1.29 is 9.59 Å². The zero-order valence-electron chi connectivity index (χ0n) is 10.8. The fourth-order valence-corrected chi connectivity index (χ4v) is 1.59. The SMILES string of the molecule is CC(C)C(C=O)NC(=O)C(N)Cc1ccccc1. The van der Waals surface area contributed by atoms with Gasteiger partial charge < -0.3 is 15.8 Å². The topological polar surface area (TPSA) is 72.2 Å². The Kier molecular flexibility index (Phi) is 5.52. The maximum atomic E-state index is 11.8. The number of rotatable bonds is 6. The van der Waals surface area contributed by atoms with E-state index in [0.717, 1.165) is 11.8 Å². The smallest absolute Gasteiger partial charge is 0.237 e. The van der Waals surface area contributed by atoms with Gasteiger partial charge >= 0.3 is 0 Å². The summed E-state index contributed by atoms with van der Waals surface area (Å²) in [5.74, 6) is -0.222. The lowest BCUT2D eigenvalue weighted by atomic mass is 10.0. The van der Waals surface area contributed by atoms with E-state index in [2.05, 4.69) is 5.32 Å². The molecule has 4 nitrogen and oxygen atoms in total. The second kappa shape index (κ2) is 6.91. The van der Waals surface area contributed by atoms with E-state index in [1.54, 1.807) is 0 Å². The summed E-state index contributed by atoms with van der Waals surface area (Å²) >= 11 is 0. The molecule has 1 amide bonds. The van der Waals surface area contributed by atoms with Gasteiger partial charge in [0, 0.05) is 0 Å². The summed E-state index contributed by atoms with van der Waals surface area (Å²) < 4.78 is 0. The number of carbonyl (C=O) groups is 2. The normalized spacial score (nSPS) is 14.0. The zero-order chi connectivity index (χ0) is 13.5. The predicted molar refractivity (Wildman–Crippen MR) is 71.0 cm³/mol. The highest BCUT2D eigenvalue weighted by Crippen LogP contribution is 2.03. The number of carbonyl (C=O) groups excluding carboxylic acids is 2. The van der Waals surface area contributed by atoms with Crippen LogP contribution in [0.15, 0.2) is 30.3 Å². The van der Waals surface area contributed by atoms with Gasteiger partial charge in [-0.15, -0.1) is 0 Å². The Balaban J connectivity index is 2.54. The number of aldehydes is 1. The predicted octanol–water partition coefficient (Wildman–Crippen LogP) is 0.896. The second-order valence-electron chi connectivity index (χ2n) is 4.71. The zero-order valence-corrected chi connectivity index (χ0v) is 10.8. The Bertz CT molecular complexity index is 390. The van der Waals surface area contributed by atoms with Gasteiger partial charge in [0.25, 0.3) is 0 Å². The Morgan fingerprint density at radius 1 is 1.33 bits per heavy atom. The lowest BCUT2D eigenvalue weighted by molar-refractivity contribution is -0.125. The van der Waals surface area contributed by atoms with Gasteiger partial charge in [0.15, 0.2) is 0 Å². The van der Waals surface area contributed by atoms with E-state index in [4.69, 9.17) is 5.73 Å². The molecule has 0 aliphatic carbocycles. The molecule has 98 valence electrons. The molecule has 0 spiro atoms. The molecule has 0 aliphatic heterocycles. The fraction of sp³-hybridized carbons (Fsp3) is 0.429. The number of benzene rings is 1. The van der Waals surface area contributed by atoms with E-state index >= 15 is 0 Å². The van der Waals surface area contributed by atoms with Gasteiger partial charge in [-0.25, -0.2) is 0 Å². The van der Waals surface area contributed by atoms with E-state index in [1.807, 2.05) is 44.2 Å². The standard InChI is InChI=1S/C14H20N2O2/c1-10(2)13(9-17)16-14(18)12(15)8-11-6-4-3-5-7-11/h3-7,9-10,12-13H,8,15H2,1-2H3,(H,16,18). The quantitative estimate of drug-likeness (QED) is 0.735. The molecule has 2 atom stereocenters. The molecule has 0 saturated carbocycles. The van der Waals surface area contributed by atoms with Crippen molar-refractivity contribution in [2.24, 2.45) is 11.7 Å². The van der Waals surface area contributed by atoms with Crippen LogP contribution in [0.4, 0.5) is 0 Å². The van der Waals surface area contributed by atoms with Crippen LogP contribution < -0.4 is 11.1 Å². The van der Waals surface area contributed by atoms with Crippen molar-refractivity contribution in [1.82, 2.24) is 5.32 Å². The number of hydrogen-bond donors (Lipinski definition) is 2. The molecular weight excluding hydrogens is 228 g/mol. The summed E-state index contributed by atoms with van der Waals surface area (Å²) in [5, 5.41) is 2.65. The highest BCUT2D eigenvalue weighted by molar-refractivity contribution is 5.84. The molecule has 3 N–H and O–H groups in total. The van der Waals surface area contributed by atoms with E-state index in [-0.39, 0.29) is 11.8 Å². The van der Waals surface area contributed by atoms with Crippen molar-refractivity contribution >= 4 is 12.2 Å². The number of nitrogens with two attached hydrogens (primary N) is 1. The molecular formula is C14H20N2O2. The average Bonchev–Trinajstić information content (AvgIpc) is 2.36. The van der Waals surface area contributed by atoms with Crippen molar-refractivity contribution in [3.8, 4) is 0 Å². The van der Waals surface area contributed by atoms with Crippen LogP contribution in [0.3, 0.4) is 0 Å². The van der Waals surface area contributed by atoms with E-state index < -0.39 is 12.1 Å². The van der Waals surface area contributed by atoms with Crippen LogP contribution in [0.1, 0.15) is 19.4 Å². The van der Waals surface area contributed by atoms with Gasteiger partial charge in [0.1, 0.15) is 6.29 Å². The van der Waals surface area contributed by atoms with Crippen LogP contribution in [0.2, 0.25) is 0 Å². The van der Waals surface area contributed by atoms with Crippen LogP contribution in [0.25, 0.3) is 0 Å². The molecule has 0 aliphatic rings. The summed E-state index contributed by atoms with van der Waals surface area (Å²) in [6, 6.07) is 8.47. The summed E-state index contributed by atoms with van der Waals surface area (Å²) in [7, 11) is 0. The first-order valence-corrected chi connectivity index (χ1v) is 6.09. The van der Waals surface area contributed by atoms with Gasteiger partial charge in [0.05, 0.1) is 12.1 Å². The first-order valence-electron chi connectivity index (χ1n) is 6.09. The van der Waals surface area contributed by atoms with Crippen LogP contribution in [-0.2, 0) is 16.0 Å². The van der Waals surface area contributed by atoms with E-state index in [0.29, 0.717) is 6.42 Å². The summed E-state index contributed by atoms with van der Waals surface area (Å²) in [6.07, 6.45) is 1.22. The maximum absolute atomic E-state index is 11.8. The van der Waals surface area contributed by atoms with Crippen molar-refractivity contribution in [3.63, 3.8) is 0 Å². The first kappa shape index (κ1) is 14.4. The van der Waals surface area contributed by atoms with Crippen LogP contribution >= 0.6 is 0 Å². The van der Waals surface area contributed by atoms with Gasteiger partial charge in [-0.05, 0) is 17.9 Å². The van der Waals surface area contributed by atoms with Crippen molar-refractivity contribution in [1.29, 1.82) is 0 Å². The minimum Gasteiger partial charge on any atom is -0.345 e. The lowest BCUT2D eigenvalue weighted by Gasteiger charge is -2.19. The molecule has 2 unspecified atom stereocenters. The first-order chi connectivity index (χ1) is 8.54. The fourth-order valence-electron chi connectivity index (χ4n) is 1.59. The van der Waals surface area contributed by atoms with E-state index in [1.165, 1.54) is 0 Å². The molecule has 1 aromatic rings. The van der Waals surface area contributed by atoms with Crippen molar-refractivity contribution in [2.75, 3.05) is 0 Å². The molecule has 0 radical (unpaired) electrons. The molecule has 0 aromatic heterocycles. The molecule has 0 heterocycles. The van der Waals surface area contributed by atoms with Gasteiger partial charge in [-0.2, -0.15) is 0 Å². The highest BCUT2D eigenvalue weighted by atomic mass is 16.2. The van der Waals surface area contributed by atoms with Crippen LogP contribution in [0, 0.1) is 5.92 Å². The Hall–Kier alpha value is -1.68. The van der Waals surface area contributed by atoms with Gasteiger partial charge in [-0.3, -0.25) is 4.79 Å². The second-order valence-corrected chi connectivity index (χ2v) is 4.71. The van der Waals surface area contributed by atoms with Crippen LogP contribution in [-0.4, -0.2) is 24.3 Å². The molecule has 0 saturated heterocycles. The third-order valence-corrected chi connectivity index (χ3v) is 2.81. The van der Waals surface area contributed by atoms with Crippen molar-refractivity contribution in [2.45, 2.75) is 32.4 Å². The Labute approximate surface area is 108 Å². The highest BCUT2D eigenvalue weighted by Gasteiger charge is 2.19. The van der Waals surface area contributed by atoms with Crippen LogP contribution in [0.5, 0.6) is 0 Å². The maximum Gasteiger partial charge on any atom is 0.237 e. The number of hydrogen-bond acceptors (Lipinski definition) is 3. The number of amides is 1.